The SMILES string of the molecule is CC[C@H]1CC2(N)C3CCC(CCCNC(=O)NS)C3(C)CC[C@]2(N)C2(C)CCCCC12. The van der Waals surface area contributed by atoms with Gasteiger partial charge in [0.1, 0.15) is 0 Å². The highest BCUT2D eigenvalue weighted by Gasteiger charge is 2.72. The zero-order chi connectivity index (χ0) is 22.5. The number of carbonyl (C=O) groups is 1. The molecule has 0 bridgehead atoms. The summed E-state index contributed by atoms with van der Waals surface area (Å²) < 4.78 is 2.34. The van der Waals surface area contributed by atoms with Gasteiger partial charge in [0.25, 0.3) is 0 Å². The molecule has 0 saturated heterocycles. The molecule has 0 aliphatic heterocycles. The predicted molar refractivity (Wildman–Crippen MR) is 131 cm³/mol. The van der Waals surface area contributed by atoms with Crippen molar-refractivity contribution in [1.82, 2.24) is 10.0 Å². The normalized spacial score (nSPS) is 49.0. The van der Waals surface area contributed by atoms with Crippen LogP contribution >= 0.6 is 12.8 Å². The number of urea groups is 1. The van der Waals surface area contributed by atoms with Gasteiger partial charge in [-0.3, -0.25) is 4.72 Å². The summed E-state index contributed by atoms with van der Waals surface area (Å²) in [4.78, 5) is 11.4. The molecule has 6 heteroatoms. The van der Waals surface area contributed by atoms with Crippen LogP contribution < -0.4 is 21.5 Å². The van der Waals surface area contributed by atoms with Crippen LogP contribution in [0.4, 0.5) is 4.79 Å². The second kappa shape index (κ2) is 8.39. The van der Waals surface area contributed by atoms with Crippen LogP contribution in [0.2, 0.25) is 0 Å². The zero-order valence-corrected chi connectivity index (χ0v) is 20.9. The smallest absolute Gasteiger partial charge is 0.324 e. The molecule has 0 spiro atoms. The number of nitrogens with two attached hydrogens (primary N) is 2. The minimum absolute atomic E-state index is 0.183. The third kappa shape index (κ3) is 3.37. The minimum Gasteiger partial charge on any atom is -0.337 e. The first-order valence-electron chi connectivity index (χ1n) is 12.9. The molecule has 0 heterocycles. The summed E-state index contributed by atoms with van der Waals surface area (Å²) in [7, 11) is 0. The molecule has 0 aromatic heterocycles. The highest BCUT2D eigenvalue weighted by atomic mass is 32.1. The van der Waals surface area contributed by atoms with E-state index in [1.807, 2.05) is 0 Å². The maximum atomic E-state index is 11.4. The fourth-order valence-electron chi connectivity index (χ4n) is 9.43. The lowest BCUT2D eigenvalue weighted by Crippen LogP contribution is -2.83. The van der Waals surface area contributed by atoms with Crippen LogP contribution in [0.3, 0.4) is 0 Å². The Kier molecular flexibility index (Phi) is 6.41. The van der Waals surface area contributed by atoms with Gasteiger partial charge >= 0.3 is 6.03 Å². The van der Waals surface area contributed by atoms with Crippen LogP contribution in [0.5, 0.6) is 0 Å². The lowest BCUT2D eigenvalue weighted by molar-refractivity contribution is -0.165. The molecule has 4 aliphatic rings. The van der Waals surface area contributed by atoms with Crippen molar-refractivity contribution in [2.75, 3.05) is 6.54 Å². The summed E-state index contributed by atoms with van der Waals surface area (Å²) in [5.41, 5.74) is 15.1. The van der Waals surface area contributed by atoms with Gasteiger partial charge in [-0.05, 0) is 92.3 Å². The predicted octanol–water partition coefficient (Wildman–Crippen LogP) is 4.76. The first-order chi connectivity index (χ1) is 14.7. The zero-order valence-electron chi connectivity index (χ0n) is 20.0. The van der Waals surface area contributed by atoms with E-state index in [1.165, 1.54) is 51.4 Å². The second-order valence-corrected chi connectivity index (χ2v) is 12.2. The molecule has 2 amide bonds. The maximum Gasteiger partial charge on any atom is 0.324 e. The number of hydrogen-bond acceptors (Lipinski definition) is 4. The van der Waals surface area contributed by atoms with Crippen molar-refractivity contribution in [2.24, 2.45) is 46.0 Å². The number of hydrogen-bond donors (Lipinski definition) is 5. The van der Waals surface area contributed by atoms with E-state index in [9.17, 15) is 4.79 Å². The van der Waals surface area contributed by atoms with E-state index in [0.29, 0.717) is 18.4 Å². The Labute approximate surface area is 195 Å². The summed E-state index contributed by atoms with van der Waals surface area (Å²) in [5, 5.41) is 2.88. The van der Waals surface area contributed by atoms with Gasteiger partial charge in [0.2, 0.25) is 0 Å². The molecule has 4 fully saturated rings. The first-order valence-corrected chi connectivity index (χ1v) is 13.4. The highest BCUT2D eigenvalue weighted by molar-refractivity contribution is 7.78. The van der Waals surface area contributed by atoms with E-state index >= 15 is 0 Å². The Morgan fingerprint density at radius 1 is 1.10 bits per heavy atom. The van der Waals surface area contributed by atoms with Crippen LogP contribution in [0.25, 0.3) is 0 Å². The van der Waals surface area contributed by atoms with E-state index in [4.69, 9.17) is 11.5 Å². The number of amides is 2. The fraction of sp³-hybridized carbons (Fsp3) is 0.960. The van der Waals surface area contributed by atoms with Crippen LogP contribution in [-0.4, -0.2) is 23.7 Å². The van der Waals surface area contributed by atoms with Crippen molar-refractivity contribution in [2.45, 2.75) is 109 Å². The maximum absolute atomic E-state index is 11.4. The molecule has 4 rings (SSSR count). The van der Waals surface area contributed by atoms with Crippen LogP contribution in [0.1, 0.15) is 97.8 Å². The van der Waals surface area contributed by atoms with Gasteiger partial charge in [-0.1, -0.05) is 52.8 Å². The number of thiol groups is 1. The largest absolute Gasteiger partial charge is 0.337 e. The van der Waals surface area contributed by atoms with Gasteiger partial charge in [0, 0.05) is 17.6 Å². The molecule has 4 saturated carbocycles. The van der Waals surface area contributed by atoms with Crippen molar-refractivity contribution in [3.63, 3.8) is 0 Å². The van der Waals surface area contributed by atoms with Crippen molar-refractivity contribution in [3.8, 4) is 0 Å². The Bertz CT molecular complexity index is 690. The molecule has 0 aromatic carbocycles. The standard InChI is InChI=1S/C25H46N4OS/c1-4-17-16-24(26)20-11-10-18(8-7-15-28-21(30)29-31)22(20,2)13-14-25(24,27)23(3)12-6-5-9-19(17)23/h17-20,31H,4-16,26-27H2,1-3H3,(H2,28,29,30)/t17-,18?,19?,20?,22?,23?,24?,25-/m0/s1. The molecular weight excluding hydrogens is 404 g/mol. The summed E-state index contributed by atoms with van der Waals surface area (Å²) in [6, 6.07) is -0.214. The van der Waals surface area contributed by atoms with E-state index in [-0.39, 0.29) is 27.9 Å². The highest BCUT2D eigenvalue weighted by Crippen LogP contribution is 2.70. The summed E-state index contributed by atoms with van der Waals surface area (Å²) in [5.74, 6) is 2.67. The van der Waals surface area contributed by atoms with E-state index in [0.717, 1.165) is 37.5 Å². The second-order valence-electron chi connectivity index (χ2n) is 12.0. The van der Waals surface area contributed by atoms with Crippen molar-refractivity contribution in [1.29, 1.82) is 0 Å². The number of carbonyl (C=O) groups excluding carboxylic acids is 1. The molecule has 31 heavy (non-hydrogen) atoms. The van der Waals surface area contributed by atoms with Gasteiger partial charge < -0.3 is 16.8 Å². The van der Waals surface area contributed by atoms with Gasteiger partial charge in [0.05, 0.1) is 0 Å². The molecule has 4 aliphatic carbocycles. The van der Waals surface area contributed by atoms with E-state index < -0.39 is 0 Å². The Hall–Kier alpha value is -0.460. The summed E-state index contributed by atoms with van der Waals surface area (Å²) in [6.45, 7) is 8.12. The molecule has 178 valence electrons. The Balaban J connectivity index is 1.56. The summed E-state index contributed by atoms with van der Waals surface area (Å²) in [6.07, 6.45) is 14.6. The Morgan fingerprint density at radius 3 is 2.58 bits per heavy atom. The third-order valence-corrected chi connectivity index (χ3v) is 11.4. The molecule has 0 radical (unpaired) electrons. The van der Waals surface area contributed by atoms with Gasteiger partial charge in [-0.15, -0.1) is 0 Å². The summed E-state index contributed by atoms with van der Waals surface area (Å²) >= 11 is 3.81. The lowest BCUT2D eigenvalue weighted by atomic mass is 9.37. The Morgan fingerprint density at radius 2 is 1.87 bits per heavy atom. The minimum atomic E-state index is -0.248. The average Bonchev–Trinajstić information content (AvgIpc) is 3.09. The van der Waals surface area contributed by atoms with Crippen LogP contribution in [-0.2, 0) is 0 Å². The fourth-order valence-corrected chi connectivity index (χ4v) is 9.51. The van der Waals surface area contributed by atoms with Crippen molar-refractivity contribution >= 4 is 18.8 Å². The number of rotatable bonds is 5. The molecule has 5 nitrogen and oxygen atoms in total. The average molecular weight is 451 g/mol. The number of nitrogens with one attached hydrogen (secondary N) is 2. The molecule has 0 aromatic rings. The van der Waals surface area contributed by atoms with E-state index in [1.54, 1.807) is 0 Å². The van der Waals surface area contributed by atoms with Crippen LogP contribution in [0, 0.1) is 34.5 Å². The molecule has 6 N–H and O–H groups in total. The molecular formula is C25H46N4OS. The van der Waals surface area contributed by atoms with Crippen molar-refractivity contribution < 1.29 is 4.79 Å². The monoisotopic (exact) mass is 450 g/mol. The van der Waals surface area contributed by atoms with Gasteiger partial charge in [0.15, 0.2) is 0 Å². The lowest BCUT2D eigenvalue weighted by Gasteiger charge is -2.72. The first kappa shape index (κ1) is 23.7. The topological polar surface area (TPSA) is 93.2 Å². The quantitative estimate of drug-likeness (QED) is 0.309. The van der Waals surface area contributed by atoms with Crippen molar-refractivity contribution in [3.05, 3.63) is 0 Å². The molecule has 6 unspecified atom stereocenters. The van der Waals surface area contributed by atoms with Crippen LogP contribution in [0.15, 0.2) is 0 Å². The number of fused-ring (bicyclic) bond motifs is 5. The van der Waals surface area contributed by atoms with Gasteiger partial charge in [-0.25, -0.2) is 4.79 Å². The van der Waals surface area contributed by atoms with Gasteiger partial charge in [-0.2, -0.15) is 0 Å². The molecule has 8 atom stereocenters. The van der Waals surface area contributed by atoms with E-state index in [2.05, 4.69) is 43.6 Å². The third-order valence-electron chi connectivity index (χ3n) is 11.2.